The van der Waals surface area contributed by atoms with E-state index in [9.17, 15) is 4.79 Å². The molecule has 4 heterocycles. The van der Waals surface area contributed by atoms with Gasteiger partial charge in [0.2, 0.25) is 0 Å². The van der Waals surface area contributed by atoms with E-state index in [0.717, 1.165) is 40.1 Å². The Kier molecular flexibility index (Phi) is 7.05. The fourth-order valence-electron chi connectivity index (χ4n) is 4.99. The van der Waals surface area contributed by atoms with E-state index in [4.69, 9.17) is 14.5 Å². The third kappa shape index (κ3) is 6.01. The number of hydrogen-bond donors (Lipinski definition) is 2. The monoisotopic (exact) mass is 547 g/mol. The highest BCUT2D eigenvalue weighted by Gasteiger charge is 2.26. The average Bonchev–Trinajstić information content (AvgIpc) is 3.41. The molecule has 8 nitrogen and oxygen atoms in total. The zero-order valence-electron chi connectivity index (χ0n) is 23.5. The molecule has 41 heavy (non-hydrogen) atoms. The lowest BCUT2D eigenvalue weighted by atomic mass is 10.00. The van der Waals surface area contributed by atoms with Gasteiger partial charge in [0.05, 0.1) is 11.1 Å². The van der Waals surface area contributed by atoms with E-state index < -0.39 is 5.60 Å². The van der Waals surface area contributed by atoms with Crippen LogP contribution >= 0.6 is 0 Å². The molecule has 0 unspecified atom stereocenters. The summed E-state index contributed by atoms with van der Waals surface area (Å²) in [5, 5.41) is 4.27. The number of pyridine rings is 2. The van der Waals surface area contributed by atoms with Crippen molar-refractivity contribution in [3.8, 4) is 22.8 Å². The van der Waals surface area contributed by atoms with Crippen LogP contribution in [0.3, 0.4) is 0 Å². The number of carbonyl (C=O) groups excluding carboxylic acids is 1. The van der Waals surface area contributed by atoms with Crippen molar-refractivity contribution in [2.24, 2.45) is 0 Å². The van der Waals surface area contributed by atoms with Gasteiger partial charge in [-0.05, 0) is 74.2 Å². The summed E-state index contributed by atoms with van der Waals surface area (Å²) in [6, 6.07) is 24.1. The second kappa shape index (κ2) is 11.0. The quantitative estimate of drug-likeness (QED) is 0.231. The maximum Gasteiger partial charge on any atom is 0.410 e. The molecular formula is C33H33N5O3. The Morgan fingerprint density at radius 1 is 1.02 bits per heavy atom. The van der Waals surface area contributed by atoms with Crippen LogP contribution in [0.4, 0.5) is 10.6 Å². The average molecular weight is 548 g/mol. The Labute approximate surface area is 239 Å². The van der Waals surface area contributed by atoms with E-state index in [0.29, 0.717) is 31.1 Å². The maximum atomic E-state index is 12.7. The van der Waals surface area contributed by atoms with Crippen molar-refractivity contribution in [2.75, 3.05) is 11.9 Å². The molecule has 0 fully saturated rings. The normalized spacial score (nSPS) is 13.1. The molecule has 2 aromatic carbocycles. The third-order valence-corrected chi connectivity index (χ3v) is 6.95. The SMILES string of the molecule is CC(C)(C)OC(=O)N1CCc2ccc(Oc3ccnc4[nH]cc(-c5cccc(NCc6ccccc6)n5)c34)cc2C1. The van der Waals surface area contributed by atoms with Crippen molar-refractivity contribution < 1.29 is 14.3 Å². The van der Waals surface area contributed by atoms with Gasteiger partial charge in [-0.1, -0.05) is 42.5 Å². The van der Waals surface area contributed by atoms with Gasteiger partial charge >= 0.3 is 6.09 Å². The van der Waals surface area contributed by atoms with Gasteiger partial charge in [-0.25, -0.2) is 14.8 Å². The summed E-state index contributed by atoms with van der Waals surface area (Å²) in [6.45, 7) is 7.44. The predicted molar refractivity (Wildman–Crippen MR) is 160 cm³/mol. The second-order valence-corrected chi connectivity index (χ2v) is 11.2. The number of rotatable bonds is 6. The summed E-state index contributed by atoms with van der Waals surface area (Å²) in [5.74, 6) is 2.16. The minimum atomic E-state index is -0.532. The third-order valence-electron chi connectivity index (χ3n) is 6.95. The van der Waals surface area contributed by atoms with E-state index in [1.165, 1.54) is 11.1 Å². The molecule has 0 saturated heterocycles. The number of aromatic amines is 1. The number of anilines is 1. The van der Waals surface area contributed by atoms with E-state index in [2.05, 4.69) is 33.5 Å². The predicted octanol–water partition coefficient (Wildman–Crippen LogP) is 7.32. The summed E-state index contributed by atoms with van der Waals surface area (Å²) >= 11 is 0. The second-order valence-electron chi connectivity index (χ2n) is 11.2. The highest BCUT2D eigenvalue weighted by Crippen LogP contribution is 2.37. The van der Waals surface area contributed by atoms with Crippen LogP contribution in [-0.2, 0) is 24.2 Å². The van der Waals surface area contributed by atoms with E-state index in [1.807, 2.05) is 81.6 Å². The van der Waals surface area contributed by atoms with Gasteiger partial charge in [0.1, 0.15) is 28.6 Å². The summed E-state index contributed by atoms with van der Waals surface area (Å²) in [6.07, 6.45) is 4.12. The van der Waals surface area contributed by atoms with Gasteiger partial charge in [0, 0.05) is 37.6 Å². The van der Waals surface area contributed by atoms with Crippen molar-refractivity contribution in [2.45, 2.75) is 45.9 Å². The lowest BCUT2D eigenvalue weighted by molar-refractivity contribution is 0.0224. The van der Waals surface area contributed by atoms with Crippen molar-refractivity contribution in [1.82, 2.24) is 19.9 Å². The van der Waals surface area contributed by atoms with Crippen LogP contribution in [0.2, 0.25) is 0 Å². The number of amides is 1. The van der Waals surface area contributed by atoms with Crippen molar-refractivity contribution in [1.29, 1.82) is 0 Å². The number of ether oxygens (including phenoxy) is 2. The molecule has 0 aliphatic carbocycles. The first kappa shape index (κ1) is 26.4. The van der Waals surface area contributed by atoms with Gasteiger partial charge in [0.25, 0.3) is 0 Å². The van der Waals surface area contributed by atoms with Gasteiger partial charge in [-0.15, -0.1) is 0 Å². The Morgan fingerprint density at radius 2 is 1.88 bits per heavy atom. The van der Waals surface area contributed by atoms with Crippen LogP contribution in [0.15, 0.2) is 85.2 Å². The lowest BCUT2D eigenvalue weighted by Gasteiger charge is -2.31. The number of fused-ring (bicyclic) bond motifs is 2. The Morgan fingerprint density at radius 3 is 2.71 bits per heavy atom. The highest BCUT2D eigenvalue weighted by molar-refractivity contribution is 5.97. The highest BCUT2D eigenvalue weighted by atomic mass is 16.6. The molecule has 6 rings (SSSR count). The number of carbonyl (C=O) groups is 1. The molecule has 0 bridgehead atoms. The lowest BCUT2D eigenvalue weighted by Crippen LogP contribution is -2.39. The standard InChI is InChI=1S/C33H33N5O3/c1-33(2,3)41-32(39)38-17-15-23-12-13-25(18-24(23)21-38)40-28-14-16-34-31-30(28)26(20-36-31)27-10-7-11-29(37-27)35-19-22-8-5-4-6-9-22/h4-14,16,18,20H,15,17,19,21H2,1-3H3,(H,34,36)(H,35,37). The first-order chi connectivity index (χ1) is 19.8. The molecule has 5 aromatic rings. The molecule has 0 atom stereocenters. The topological polar surface area (TPSA) is 92.4 Å². The fourth-order valence-corrected chi connectivity index (χ4v) is 4.99. The van der Waals surface area contributed by atoms with Crippen molar-refractivity contribution >= 4 is 22.9 Å². The largest absolute Gasteiger partial charge is 0.457 e. The molecule has 1 amide bonds. The molecule has 0 saturated carbocycles. The number of benzene rings is 2. The van der Waals surface area contributed by atoms with Crippen LogP contribution < -0.4 is 10.1 Å². The zero-order chi connectivity index (χ0) is 28.4. The molecule has 0 radical (unpaired) electrons. The van der Waals surface area contributed by atoms with E-state index in [-0.39, 0.29) is 6.09 Å². The first-order valence-electron chi connectivity index (χ1n) is 13.8. The van der Waals surface area contributed by atoms with Gasteiger partial charge < -0.3 is 24.7 Å². The Balaban J connectivity index is 1.24. The Hall–Kier alpha value is -4.85. The number of hydrogen-bond acceptors (Lipinski definition) is 6. The zero-order valence-corrected chi connectivity index (χ0v) is 23.5. The summed E-state index contributed by atoms with van der Waals surface area (Å²) in [5.41, 5.74) is 5.35. The molecule has 3 aromatic heterocycles. The molecule has 208 valence electrons. The number of aromatic nitrogens is 3. The van der Waals surface area contributed by atoms with Crippen molar-refractivity contribution in [3.05, 3.63) is 102 Å². The van der Waals surface area contributed by atoms with Gasteiger partial charge in [0.15, 0.2) is 0 Å². The van der Waals surface area contributed by atoms with Crippen LogP contribution in [0.5, 0.6) is 11.5 Å². The molecule has 0 spiro atoms. The molecular weight excluding hydrogens is 514 g/mol. The first-order valence-corrected chi connectivity index (χ1v) is 13.8. The van der Waals surface area contributed by atoms with E-state index >= 15 is 0 Å². The summed E-state index contributed by atoms with van der Waals surface area (Å²) in [4.78, 5) is 27.1. The molecule has 1 aliphatic heterocycles. The fraction of sp³-hybridized carbons (Fsp3) is 0.242. The van der Waals surface area contributed by atoms with Crippen LogP contribution in [0.1, 0.15) is 37.5 Å². The number of nitrogens with zero attached hydrogens (tertiary/aromatic N) is 3. The number of H-pyrrole nitrogens is 1. The van der Waals surface area contributed by atoms with Gasteiger partial charge in [-0.3, -0.25) is 0 Å². The molecule has 1 aliphatic rings. The number of nitrogens with one attached hydrogen (secondary N) is 2. The summed E-state index contributed by atoms with van der Waals surface area (Å²) in [7, 11) is 0. The van der Waals surface area contributed by atoms with E-state index in [1.54, 1.807) is 11.1 Å². The van der Waals surface area contributed by atoms with Crippen molar-refractivity contribution in [3.63, 3.8) is 0 Å². The van der Waals surface area contributed by atoms with Crippen LogP contribution in [0.25, 0.3) is 22.3 Å². The minimum absolute atomic E-state index is 0.296. The smallest absolute Gasteiger partial charge is 0.410 e. The van der Waals surface area contributed by atoms with Gasteiger partial charge in [-0.2, -0.15) is 0 Å². The molecule has 8 heteroatoms. The molecule has 2 N–H and O–H groups in total. The minimum Gasteiger partial charge on any atom is -0.457 e. The summed E-state index contributed by atoms with van der Waals surface area (Å²) < 4.78 is 12.0. The van der Waals surface area contributed by atoms with Crippen LogP contribution in [0, 0.1) is 0 Å². The Bertz CT molecular complexity index is 1690. The maximum absolute atomic E-state index is 12.7. The van der Waals surface area contributed by atoms with Crippen LogP contribution in [-0.4, -0.2) is 38.1 Å².